The van der Waals surface area contributed by atoms with Crippen LogP contribution in [0.2, 0.25) is 5.02 Å². The topological polar surface area (TPSA) is 29.1 Å². The van der Waals surface area contributed by atoms with Gasteiger partial charge in [-0.15, -0.1) is 0 Å². The Morgan fingerprint density at radius 3 is 2.20 bits per heavy atom. The molecule has 0 aliphatic heterocycles. The molecule has 0 radical (unpaired) electrons. The van der Waals surface area contributed by atoms with E-state index in [2.05, 4.69) is 5.32 Å². The molecule has 1 aromatic rings. The zero-order valence-electron chi connectivity index (χ0n) is 11.5. The van der Waals surface area contributed by atoms with E-state index in [1.807, 2.05) is 24.3 Å². The minimum atomic E-state index is 0.201. The normalized spacial score (nSPS) is 38.0. The van der Waals surface area contributed by atoms with Crippen LogP contribution in [0.1, 0.15) is 32.1 Å². The van der Waals surface area contributed by atoms with E-state index in [4.69, 9.17) is 11.6 Å². The van der Waals surface area contributed by atoms with Crippen molar-refractivity contribution in [1.82, 2.24) is 0 Å². The second kappa shape index (κ2) is 4.77. The largest absolute Gasteiger partial charge is 0.325 e. The highest BCUT2D eigenvalue weighted by molar-refractivity contribution is 6.33. The fourth-order valence-corrected chi connectivity index (χ4v) is 5.31. The summed E-state index contributed by atoms with van der Waals surface area (Å²) in [6.45, 7) is 0. The van der Waals surface area contributed by atoms with Crippen molar-refractivity contribution in [3.8, 4) is 0 Å². The monoisotopic (exact) mass is 289 g/mol. The zero-order chi connectivity index (χ0) is 13.7. The molecule has 5 rings (SSSR count). The number of halogens is 1. The summed E-state index contributed by atoms with van der Waals surface area (Å²) in [5.41, 5.74) is 0.757. The van der Waals surface area contributed by atoms with Gasteiger partial charge in [0.05, 0.1) is 10.7 Å². The summed E-state index contributed by atoms with van der Waals surface area (Å²) in [7, 11) is 0. The Morgan fingerprint density at radius 2 is 1.60 bits per heavy atom. The Hall–Kier alpha value is -1.02. The van der Waals surface area contributed by atoms with E-state index >= 15 is 0 Å². The molecule has 0 spiro atoms. The summed E-state index contributed by atoms with van der Waals surface area (Å²) in [5, 5.41) is 3.70. The van der Waals surface area contributed by atoms with Crippen LogP contribution in [0.4, 0.5) is 5.69 Å². The fraction of sp³-hybridized carbons (Fsp3) is 0.588. The van der Waals surface area contributed by atoms with Gasteiger partial charge in [0.25, 0.3) is 0 Å². The van der Waals surface area contributed by atoms with Crippen LogP contribution in [0, 0.1) is 29.6 Å². The van der Waals surface area contributed by atoms with Gasteiger partial charge >= 0.3 is 0 Å². The van der Waals surface area contributed by atoms with Crippen molar-refractivity contribution in [3.05, 3.63) is 29.3 Å². The van der Waals surface area contributed by atoms with Crippen molar-refractivity contribution >= 4 is 23.2 Å². The predicted octanol–water partition coefficient (Wildman–Crippen LogP) is 4.35. The van der Waals surface area contributed by atoms with Crippen LogP contribution >= 0.6 is 11.6 Å². The van der Waals surface area contributed by atoms with E-state index in [9.17, 15) is 4.79 Å². The summed E-state index contributed by atoms with van der Waals surface area (Å²) >= 11 is 6.14. The maximum atomic E-state index is 12.7. The van der Waals surface area contributed by atoms with Crippen LogP contribution in [0.5, 0.6) is 0 Å². The first kappa shape index (κ1) is 12.7. The van der Waals surface area contributed by atoms with E-state index < -0.39 is 0 Å². The molecule has 2 nitrogen and oxygen atoms in total. The lowest BCUT2D eigenvalue weighted by Gasteiger charge is -2.53. The lowest BCUT2D eigenvalue weighted by Crippen LogP contribution is -2.49. The summed E-state index contributed by atoms with van der Waals surface area (Å²) < 4.78 is 0. The van der Waals surface area contributed by atoms with Gasteiger partial charge in [0.1, 0.15) is 0 Å². The molecule has 4 saturated carbocycles. The molecule has 3 heteroatoms. The third-order valence-electron chi connectivity index (χ3n) is 5.66. The molecule has 20 heavy (non-hydrogen) atoms. The van der Waals surface area contributed by atoms with Gasteiger partial charge in [0.15, 0.2) is 0 Å². The number of amides is 1. The Bertz CT molecular complexity index is 514. The van der Waals surface area contributed by atoms with Crippen molar-refractivity contribution in [3.63, 3.8) is 0 Å². The highest BCUT2D eigenvalue weighted by Crippen LogP contribution is 2.56. The number of carbonyl (C=O) groups is 1. The van der Waals surface area contributed by atoms with Gasteiger partial charge < -0.3 is 5.32 Å². The van der Waals surface area contributed by atoms with Crippen molar-refractivity contribution in [2.24, 2.45) is 29.6 Å². The molecule has 0 unspecified atom stereocenters. The van der Waals surface area contributed by atoms with Crippen molar-refractivity contribution in [1.29, 1.82) is 0 Å². The molecular weight excluding hydrogens is 270 g/mol. The van der Waals surface area contributed by atoms with E-state index in [1.165, 1.54) is 32.1 Å². The molecule has 4 bridgehead atoms. The Kier molecular flexibility index (Phi) is 3.03. The lowest BCUT2D eigenvalue weighted by molar-refractivity contribution is -0.132. The minimum absolute atomic E-state index is 0.201. The summed E-state index contributed by atoms with van der Waals surface area (Å²) in [6.07, 6.45) is 6.51. The molecular formula is C17H20ClNO. The van der Waals surface area contributed by atoms with Gasteiger partial charge in [-0.25, -0.2) is 0 Å². The summed E-state index contributed by atoms with van der Waals surface area (Å²) in [5.74, 6) is 3.47. The number of anilines is 1. The Labute approximate surface area is 124 Å². The van der Waals surface area contributed by atoms with Crippen LogP contribution in [0.15, 0.2) is 24.3 Å². The predicted molar refractivity (Wildman–Crippen MR) is 80.6 cm³/mol. The van der Waals surface area contributed by atoms with E-state index in [-0.39, 0.29) is 11.8 Å². The van der Waals surface area contributed by atoms with Crippen LogP contribution in [-0.4, -0.2) is 5.91 Å². The molecule has 0 atom stereocenters. The van der Waals surface area contributed by atoms with Crippen LogP contribution in [0.25, 0.3) is 0 Å². The van der Waals surface area contributed by atoms with Crippen molar-refractivity contribution in [2.45, 2.75) is 32.1 Å². The molecule has 0 aromatic heterocycles. The summed E-state index contributed by atoms with van der Waals surface area (Å²) in [4.78, 5) is 12.7. The van der Waals surface area contributed by atoms with Crippen LogP contribution in [0.3, 0.4) is 0 Å². The quantitative estimate of drug-likeness (QED) is 0.861. The number of nitrogens with one attached hydrogen (secondary N) is 1. The third-order valence-corrected chi connectivity index (χ3v) is 5.99. The molecule has 4 aliphatic carbocycles. The zero-order valence-corrected chi connectivity index (χ0v) is 12.3. The standard InChI is InChI=1S/C17H20ClNO/c18-14-3-1-2-4-15(14)19-17(20)16-12-6-10-5-11(8-12)9-13(16)7-10/h1-4,10-13,16H,5-9H2,(H,19,20). The van der Waals surface area contributed by atoms with Gasteiger partial charge in [-0.1, -0.05) is 23.7 Å². The first-order valence-electron chi connectivity index (χ1n) is 7.76. The number of rotatable bonds is 2. The SMILES string of the molecule is O=C(Nc1ccccc1Cl)C1C2CC3CC(C2)CC1C3. The van der Waals surface area contributed by atoms with E-state index in [1.54, 1.807) is 0 Å². The average molecular weight is 290 g/mol. The molecule has 1 aromatic carbocycles. The number of para-hydroxylation sites is 1. The summed E-state index contributed by atoms with van der Waals surface area (Å²) in [6, 6.07) is 7.52. The van der Waals surface area contributed by atoms with Crippen LogP contribution < -0.4 is 5.32 Å². The Balaban J connectivity index is 1.53. The van der Waals surface area contributed by atoms with E-state index in [0.717, 1.165) is 17.5 Å². The first-order chi connectivity index (χ1) is 9.70. The lowest BCUT2D eigenvalue weighted by atomic mass is 9.51. The van der Waals surface area contributed by atoms with Gasteiger partial charge in [-0.2, -0.15) is 0 Å². The van der Waals surface area contributed by atoms with Crippen molar-refractivity contribution in [2.75, 3.05) is 5.32 Å². The maximum absolute atomic E-state index is 12.7. The van der Waals surface area contributed by atoms with E-state index in [0.29, 0.717) is 16.9 Å². The van der Waals surface area contributed by atoms with Crippen molar-refractivity contribution < 1.29 is 4.79 Å². The molecule has 1 amide bonds. The second-order valence-electron chi connectivity index (χ2n) is 6.93. The maximum Gasteiger partial charge on any atom is 0.228 e. The average Bonchev–Trinajstić information content (AvgIpc) is 2.40. The number of carbonyl (C=O) groups excluding carboxylic acids is 1. The minimum Gasteiger partial charge on any atom is -0.325 e. The fourth-order valence-electron chi connectivity index (χ4n) is 5.13. The molecule has 4 fully saturated rings. The smallest absolute Gasteiger partial charge is 0.228 e. The first-order valence-corrected chi connectivity index (χ1v) is 8.14. The van der Waals surface area contributed by atoms with Gasteiger partial charge in [-0.3, -0.25) is 4.79 Å². The molecule has 4 aliphatic rings. The highest BCUT2D eigenvalue weighted by Gasteiger charge is 2.50. The van der Waals surface area contributed by atoms with Crippen LogP contribution in [-0.2, 0) is 4.79 Å². The second-order valence-corrected chi connectivity index (χ2v) is 7.33. The molecule has 0 saturated heterocycles. The number of benzene rings is 1. The van der Waals surface area contributed by atoms with Gasteiger partial charge in [-0.05, 0) is 67.9 Å². The van der Waals surface area contributed by atoms with Gasteiger partial charge in [0.2, 0.25) is 5.91 Å². The highest BCUT2D eigenvalue weighted by atomic mass is 35.5. The number of hydrogen-bond acceptors (Lipinski definition) is 1. The number of hydrogen-bond donors (Lipinski definition) is 1. The molecule has 106 valence electrons. The van der Waals surface area contributed by atoms with Gasteiger partial charge in [0, 0.05) is 5.92 Å². The molecule has 1 N–H and O–H groups in total. The molecule has 0 heterocycles. The Morgan fingerprint density at radius 1 is 1.00 bits per heavy atom. The third kappa shape index (κ3) is 2.05.